The van der Waals surface area contributed by atoms with Crippen LogP contribution in [0.25, 0.3) is 0 Å². The molecular formula is C21H19ClFNO4. The molecule has 2 aromatic carbocycles. The smallest absolute Gasteiger partial charge is 0.227 e. The van der Waals surface area contributed by atoms with Crippen molar-refractivity contribution < 1.29 is 18.6 Å². The molecule has 0 amide bonds. The Morgan fingerprint density at radius 1 is 1.04 bits per heavy atom. The third-order valence-electron chi connectivity index (χ3n) is 4.21. The van der Waals surface area contributed by atoms with Gasteiger partial charge in [-0.25, -0.2) is 4.39 Å². The van der Waals surface area contributed by atoms with Crippen LogP contribution in [0.1, 0.15) is 11.1 Å². The summed E-state index contributed by atoms with van der Waals surface area (Å²) in [6.07, 6.45) is 1.55. The van der Waals surface area contributed by atoms with E-state index in [-0.39, 0.29) is 16.2 Å². The first kappa shape index (κ1) is 19.8. The van der Waals surface area contributed by atoms with Gasteiger partial charge in [0.1, 0.15) is 17.3 Å². The van der Waals surface area contributed by atoms with E-state index in [1.165, 1.54) is 25.3 Å². The molecule has 1 aromatic heterocycles. The Hall–Kier alpha value is -2.99. The van der Waals surface area contributed by atoms with Gasteiger partial charge in [0.05, 0.1) is 38.1 Å². The Morgan fingerprint density at radius 2 is 1.82 bits per heavy atom. The van der Waals surface area contributed by atoms with E-state index in [1.54, 1.807) is 36.1 Å². The molecule has 1 heterocycles. The van der Waals surface area contributed by atoms with E-state index in [4.69, 9.17) is 25.8 Å². The number of hydrogen-bond acceptors (Lipinski definition) is 4. The van der Waals surface area contributed by atoms with Crippen LogP contribution >= 0.6 is 11.6 Å². The van der Waals surface area contributed by atoms with Gasteiger partial charge in [0.15, 0.2) is 5.75 Å². The van der Waals surface area contributed by atoms with Crippen LogP contribution < -0.4 is 19.6 Å². The van der Waals surface area contributed by atoms with E-state index < -0.39 is 5.82 Å². The van der Waals surface area contributed by atoms with Crippen LogP contribution in [0.2, 0.25) is 5.02 Å². The maximum atomic E-state index is 13.4. The molecule has 0 aliphatic rings. The third kappa shape index (κ3) is 4.28. The largest absolute Gasteiger partial charge is 0.497 e. The summed E-state index contributed by atoms with van der Waals surface area (Å²) in [5, 5.41) is 0.0268. The number of halogens is 2. The van der Waals surface area contributed by atoms with Crippen molar-refractivity contribution in [3.05, 3.63) is 80.9 Å². The highest BCUT2D eigenvalue weighted by Crippen LogP contribution is 2.29. The van der Waals surface area contributed by atoms with Crippen LogP contribution in [0.3, 0.4) is 0 Å². The molecule has 0 unspecified atom stereocenters. The fourth-order valence-corrected chi connectivity index (χ4v) is 2.91. The Labute approximate surface area is 166 Å². The molecule has 0 aliphatic heterocycles. The monoisotopic (exact) mass is 403 g/mol. The topological polar surface area (TPSA) is 49.7 Å². The molecule has 0 radical (unpaired) electrons. The molecule has 146 valence electrons. The summed E-state index contributed by atoms with van der Waals surface area (Å²) in [6.45, 7) is 2.19. The molecule has 0 saturated carbocycles. The Kier molecular flexibility index (Phi) is 5.90. The molecule has 0 atom stereocenters. The number of ether oxygens (including phenoxy) is 3. The number of nitrogens with zero attached hydrogens (tertiary/aromatic N) is 1. The summed E-state index contributed by atoms with van der Waals surface area (Å²) in [5.74, 6) is 1.29. The first-order valence-electron chi connectivity index (χ1n) is 8.46. The zero-order valence-corrected chi connectivity index (χ0v) is 16.4. The number of methoxy groups -OCH3 is 2. The quantitative estimate of drug-likeness (QED) is 0.592. The number of aromatic nitrogens is 1. The molecule has 3 rings (SSSR count). The van der Waals surface area contributed by atoms with Crippen molar-refractivity contribution in [1.29, 1.82) is 0 Å². The van der Waals surface area contributed by atoms with Crippen molar-refractivity contribution in [3.63, 3.8) is 0 Å². The fourth-order valence-electron chi connectivity index (χ4n) is 2.71. The first-order chi connectivity index (χ1) is 13.4. The lowest BCUT2D eigenvalue weighted by Crippen LogP contribution is -2.13. The van der Waals surface area contributed by atoms with Crippen molar-refractivity contribution in [1.82, 2.24) is 4.57 Å². The molecule has 28 heavy (non-hydrogen) atoms. The number of benzene rings is 2. The van der Waals surface area contributed by atoms with Crippen LogP contribution in [-0.2, 0) is 6.54 Å². The SMILES string of the molecule is COc1ccc(Oc2cc(=O)c(OC)cn2Cc2ccc(F)c(Cl)c2)c(C)c1. The fraction of sp³-hybridized carbons (Fsp3) is 0.190. The lowest BCUT2D eigenvalue weighted by molar-refractivity contribution is 0.388. The van der Waals surface area contributed by atoms with Crippen molar-refractivity contribution in [3.8, 4) is 23.1 Å². The highest BCUT2D eigenvalue weighted by atomic mass is 35.5. The van der Waals surface area contributed by atoms with Crippen LogP contribution in [0.15, 0.2) is 53.5 Å². The van der Waals surface area contributed by atoms with Gasteiger partial charge in [0, 0.05) is 0 Å². The van der Waals surface area contributed by atoms with Gasteiger partial charge in [-0.15, -0.1) is 0 Å². The predicted molar refractivity (Wildman–Crippen MR) is 106 cm³/mol. The molecule has 0 bridgehead atoms. The number of rotatable bonds is 6. The summed E-state index contributed by atoms with van der Waals surface area (Å²) in [5.41, 5.74) is 1.28. The first-order valence-corrected chi connectivity index (χ1v) is 8.84. The van der Waals surface area contributed by atoms with Crippen molar-refractivity contribution in [2.75, 3.05) is 14.2 Å². The molecule has 0 saturated heterocycles. The van der Waals surface area contributed by atoms with Gasteiger partial charge in [-0.2, -0.15) is 0 Å². The lowest BCUT2D eigenvalue weighted by Gasteiger charge is -2.17. The minimum atomic E-state index is -0.492. The van der Waals surface area contributed by atoms with E-state index in [0.717, 1.165) is 11.1 Å². The van der Waals surface area contributed by atoms with E-state index in [2.05, 4.69) is 0 Å². The summed E-state index contributed by atoms with van der Waals surface area (Å²) < 4.78 is 31.5. The van der Waals surface area contributed by atoms with Gasteiger partial charge in [0.25, 0.3) is 0 Å². The molecular weight excluding hydrogens is 385 g/mol. The number of aryl methyl sites for hydroxylation is 1. The molecule has 3 aromatic rings. The maximum Gasteiger partial charge on any atom is 0.227 e. The summed E-state index contributed by atoms with van der Waals surface area (Å²) in [4.78, 5) is 12.2. The summed E-state index contributed by atoms with van der Waals surface area (Å²) in [7, 11) is 3.01. The Bertz CT molecular complexity index is 1060. The van der Waals surface area contributed by atoms with E-state index in [0.29, 0.717) is 23.9 Å². The highest BCUT2D eigenvalue weighted by molar-refractivity contribution is 6.30. The Balaban J connectivity index is 2.01. The predicted octanol–water partition coefficient (Wildman–Crippen LogP) is 4.81. The molecule has 0 aliphatic carbocycles. The molecule has 0 spiro atoms. The summed E-state index contributed by atoms with van der Waals surface area (Å²) in [6, 6.07) is 11.2. The minimum absolute atomic E-state index is 0.0268. The van der Waals surface area contributed by atoms with Gasteiger partial charge in [-0.1, -0.05) is 17.7 Å². The van der Waals surface area contributed by atoms with Crippen LogP contribution in [0, 0.1) is 12.7 Å². The van der Waals surface area contributed by atoms with Gasteiger partial charge < -0.3 is 18.8 Å². The van der Waals surface area contributed by atoms with Gasteiger partial charge >= 0.3 is 0 Å². The standard InChI is InChI=1S/C21H19ClFNO4/c1-13-8-15(26-2)5-7-19(13)28-21-10-18(25)20(27-3)12-24(21)11-14-4-6-17(23)16(22)9-14/h4-10,12H,11H2,1-3H3. The zero-order valence-electron chi connectivity index (χ0n) is 15.7. The number of pyridine rings is 1. The maximum absolute atomic E-state index is 13.4. The summed E-state index contributed by atoms with van der Waals surface area (Å²) >= 11 is 5.88. The highest BCUT2D eigenvalue weighted by Gasteiger charge is 2.12. The second-order valence-electron chi connectivity index (χ2n) is 6.15. The lowest BCUT2D eigenvalue weighted by atomic mass is 10.2. The van der Waals surface area contributed by atoms with Crippen LogP contribution in [0.4, 0.5) is 4.39 Å². The van der Waals surface area contributed by atoms with E-state index in [1.807, 2.05) is 13.0 Å². The van der Waals surface area contributed by atoms with Crippen molar-refractivity contribution in [2.24, 2.45) is 0 Å². The average Bonchev–Trinajstić information content (AvgIpc) is 2.68. The zero-order chi connectivity index (χ0) is 20.3. The van der Waals surface area contributed by atoms with Crippen LogP contribution in [-0.4, -0.2) is 18.8 Å². The second kappa shape index (κ2) is 8.35. The van der Waals surface area contributed by atoms with Gasteiger partial charge in [0.2, 0.25) is 11.3 Å². The van der Waals surface area contributed by atoms with Gasteiger partial charge in [-0.3, -0.25) is 4.79 Å². The molecule has 5 nitrogen and oxygen atoms in total. The van der Waals surface area contributed by atoms with Crippen molar-refractivity contribution in [2.45, 2.75) is 13.5 Å². The average molecular weight is 404 g/mol. The normalized spacial score (nSPS) is 10.6. The van der Waals surface area contributed by atoms with Crippen LogP contribution in [0.5, 0.6) is 23.1 Å². The Morgan fingerprint density at radius 3 is 2.46 bits per heavy atom. The van der Waals surface area contributed by atoms with E-state index in [9.17, 15) is 9.18 Å². The molecule has 0 N–H and O–H groups in total. The molecule has 7 heteroatoms. The third-order valence-corrected chi connectivity index (χ3v) is 4.50. The number of hydrogen-bond donors (Lipinski definition) is 0. The van der Waals surface area contributed by atoms with Crippen molar-refractivity contribution >= 4 is 11.6 Å². The minimum Gasteiger partial charge on any atom is -0.497 e. The van der Waals surface area contributed by atoms with Gasteiger partial charge in [-0.05, 0) is 48.4 Å². The molecule has 0 fully saturated rings. The second-order valence-corrected chi connectivity index (χ2v) is 6.56. The van der Waals surface area contributed by atoms with E-state index >= 15 is 0 Å².